The molecule has 0 aromatic rings. The number of ether oxygens (including phenoxy) is 1. The number of nitrogens with zero attached hydrogens (tertiary/aromatic N) is 1. The van der Waals surface area contributed by atoms with Gasteiger partial charge in [-0.3, -0.25) is 4.79 Å². The van der Waals surface area contributed by atoms with Crippen molar-refractivity contribution in [2.24, 2.45) is 0 Å². The van der Waals surface area contributed by atoms with Crippen LogP contribution < -0.4 is 0 Å². The molecular formula is C5H6NO2P. The minimum absolute atomic E-state index is 0.171. The highest BCUT2D eigenvalue weighted by Gasteiger charge is 1.96. The average Bonchev–Trinajstić information content (AvgIpc) is 1.85. The van der Waals surface area contributed by atoms with E-state index in [0.717, 1.165) is 8.20 Å². The first-order valence-electron chi connectivity index (χ1n) is 2.26. The molecule has 3 nitrogen and oxygen atoms in total. The maximum absolute atomic E-state index is 10.3. The molecular weight excluding hydrogens is 137 g/mol. The van der Waals surface area contributed by atoms with Gasteiger partial charge in [-0.25, -0.2) is 0 Å². The highest BCUT2D eigenvalue weighted by molar-refractivity contribution is 7.36. The van der Waals surface area contributed by atoms with Crippen molar-refractivity contribution in [2.45, 2.75) is 6.42 Å². The summed E-state index contributed by atoms with van der Waals surface area (Å²) in [6, 6.07) is 1.68. The zero-order chi connectivity index (χ0) is 7.11. The van der Waals surface area contributed by atoms with E-state index >= 15 is 0 Å². The van der Waals surface area contributed by atoms with E-state index < -0.39 is 5.97 Å². The highest BCUT2D eigenvalue weighted by atomic mass is 31.1. The van der Waals surface area contributed by atoms with Gasteiger partial charge >= 0.3 is 5.97 Å². The molecule has 0 saturated heterocycles. The summed E-state index contributed by atoms with van der Waals surface area (Å²) >= 11 is 0. The first-order valence-corrected chi connectivity index (χ1v) is 3.53. The number of esters is 1. The molecule has 0 saturated carbocycles. The van der Waals surface area contributed by atoms with Crippen molar-refractivity contribution in [3.8, 4) is 6.07 Å². The first-order chi connectivity index (χ1) is 4.31. The molecule has 0 aliphatic carbocycles. The lowest BCUT2D eigenvalue weighted by Crippen LogP contribution is -2.00. The van der Waals surface area contributed by atoms with Gasteiger partial charge in [0.2, 0.25) is 0 Å². The van der Waals surface area contributed by atoms with E-state index in [0.29, 0.717) is 0 Å². The van der Waals surface area contributed by atoms with Crippen molar-refractivity contribution in [3.63, 3.8) is 0 Å². The van der Waals surface area contributed by atoms with Crippen molar-refractivity contribution in [3.05, 3.63) is 0 Å². The Labute approximate surface area is 55.0 Å². The van der Waals surface area contributed by atoms with Crippen LogP contribution in [0.1, 0.15) is 6.42 Å². The lowest BCUT2D eigenvalue weighted by molar-refractivity contribution is -0.140. The van der Waals surface area contributed by atoms with Crippen molar-refractivity contribution in [1.29, 1.82) is 5.26 Å². The quantitative estimate of drug-likeness (QED) is 0.433. The summed E-state index contributed by atoms with van der Waals surface area (Å²) in [5, 5.41) is 7.97. The van der Waals surface area contributed by atoms with Gasteiger partial charge in [0.05, 0.1) is 6.07 Å². The molecule has 0 N–H and O–H groups in total. The summed E-state index contributed by atoms with van der Waals surface area (Å²) in [4.78, 5) is 10.3. The number of hydrogen-bond acceptors (Lipinski definition) is 3. The van der Waals surface area contributed by atoms with Crippen molar-refractivity contribution in [1.82, 2.24) is 0 Å². The molecule has 9 heavy (non-hydrogen) atoms. The van der Waals surface area contributed by atoms with Crippen LogP contribution >= 0.6 is 8.20 Å². The molecule has 0 amide bonds. The average molecular weight is 143 g/mol. The van der Waals surface area contributed by atoms with Crippen molar-refractivity contribution < 1.29 is 9.53 Å². The van der Waals surface area contributed by atoms with E-state index in [1.165, 1.54) is 0 Å². The second-order valence-electron chi connectivity index (χ2n) is 1.20. The van der Waals surface area contributed by atoms with Gasteiger partial charge in [0.15, 0.2) is 0 Å². The predicted molar refractivity (Wildman–Crippen MR) is 35.2 cm³/mol. The van der Waals surface area contributed by atoms with Crippen molar-refractivity contribution >= 4 is 20.5 Å². The Hall–Kier alpha value is -0.870. The molecule has 0 aliphatic rings. The Morgan fingerprint density at radius 2 is 2.56 bits per heavy atom. The first kappa shape index (κ1) is 8.13. The second-order valence-corrected chi connectivity index (χ2v) is 1.91. The van der Waals surface area contributed by atoms with Crippen LogP contribution in [-0.2, 0) is 9.53 Å². The number of carbonyl (C=O) groups excluding carboxylic acids is 1. The van der Waals surface area contributed by atoms with E-state index in [1.807, 2.05) is 0 Å². The molecule has 0 atom stereocenters. The third kappa shape index (κ3) is 4.99. The molecule has 0 heterocycles. The Morgan fingerprint density at radius 3 is 3.00 bits per heavy atom. The topological polar surface area (TPSA) is 50.1 Å². The monoisotopic (exact) mass is 143 g/mol. The smallest absolute Gasteiger partial charge is 0.320 e. The minimum atomic E-state index is -0.478. The number of nitriles is 1. The van der Waals surface area contributed by atoms with Crippen molar-refractivity contribution in [2.75, 3.05) is 6.35 Å². The third-order valence-corrected chi connectivity index (χ3v) is 0.852. The molecule has 0 rings (SSSR count). The van der Waals surface area contributed by atoms with Crippen LogP contribution in [0.2, 0.25) is 0 Å². The zero-order valence-electron chi connectivity index (χ0n) is 4.83. The summed E-state index contributed by atoms with van der Waals surface area (Å²) in [5.41, 5.74) is 0. The summed E-state index contributed by atoms with van der Waals surface area (Å²) in [6.45, 7) is 0. The minimum Gasteiger partial charge on any atom is -0.456 e. The van der Waals surface area contributed by atoms with E-state index in [9.17, 15) is 4.79 Å². The van der Waals surface area contributed by atoms with Crippen LogP contribution in [0.15, 0.2) is 0 Å². The Bertz CT molecular complexity index is 150. The largest absolute Gasteiger partial charge is 0.456 e. The SMILES string of the molecule is C=PCOC(=O)CC#N. The van der Waals surface area contributed by atoms with E-state index in [-0.39, 0.29) is 12.8 Å². The standard InChI is InChI=1S/C5H6NO2P/c1-9-4-8-5(7)2-3-6/h1-2,4H2. The molecule has 48 valence electrons. The normalized spacial score (nSPS) is 8.33. The van der Waals surface area contributed by atoms with Gasteiger partial charge in [-0.2, -0.15) is 5.26 Å². The predicted octanol–water partition coefficient (Wildman–Crippen LogP) is 0.779. The van der Waals surface area contributed by atoms with Crippen LogP contribution in [-0.4, -0.2) is 18.6 Å². The lowest BCUT2D eigenvalue weighted by Gasteiger charge is -1.93. The molecule has 4 heteroatoms. The van der Waals surface area contributed by atoms with Gasteiger partial charge in [-0.1, -0.05) is 14.5 Å². The maximum Gasteiger partial charge on any atom is 0.320 e. The van der Waals surface area contributed by atoms with Crippen LogP contribution in [0.5, 0.6) is 0 Å². The van der Waals surface area contributed by atoms with E-state index in [4.69, 9.17) is 5.26 Å². The summed E-state index contributed by atoms with van der Waals surface area (Å²) in [7, 11) is 0.753. The number of carbonyl (C=O) groups is 1. The second kappa shape index (κ2) is 5.27. The van der Waals surface area contributed by atoms with Gasteiger partial charge in [0.25, 0.3) is 0 Å². The summed E-state index contributed by atoms with van der Waals surface area (Å²) in [6.07, 6.45) is 3.54. The van der Waals surface area contributed by atoms with Crippen LogP contribution in [0.4, 0.5) is 0 Å². The van der Waals surface area contributed by atoms with E-state index in [2.05, 4.69) is 11.0 Å². The molecule has 0 bridgehead atoms. The van der Waals surface area contributed by atoms with Gasteiger partial charge in [-0.15, -0.1) is 0 Å². The molecule has 0 aromatic heterocycles. The molecule has 0 aliphatic heterocycles. The van der Waals surface area contributed by atoms with Gasteiger partial charge in [-0.05, 0) is 0 Å². The number of rotatable bonds is 3. The zero-order valence-corrected chi connectivity index (χ0v) is 5.73. The fourth-order valence-corrected chi connectivity index (χ4v) is 0.468. The Balaban J connectivity index is 3.29. The van der Waals surface area contributed by atoms with E-state index in [1.54, 1.807) is 6.07 Å². The molecule has 0 unspecified atom stereocenters. The summed E-state index contributed by atoms with van der Waals surface area (Å²) < 4.78 is 4.50. The highest BCUT2D eigenvalue weighted by Crippen LogP contribution is 1.92. The van der Waals surface area contributed by atoms with Gasteiger partial charge < -0.3 is 4.74 Å². The third-order valence-electron chi connectivity index (χ3n) is 0.540. The fraction of sp³-hybridized carbons (Fsp3) is 0.400. The Kier molecular flexibility index (Phi) is 4.76. The van der Waals surface area contributed by atoms with Gasteiger partial charge in [0, 0.05) is 0 Å². The van der Waals surface area contributed by atoms with Gasteiger partial charge in [0.1, 0.15) is 12.8 Å². The maximum atomic E-state index is 10.3. The molecule has 0 aromatic carbocycles. The summed E-state index contributed by atoms with van der Waals surface area (Å²) in [5.74, 6) is -0.478. The Morgan fingerprint density at radius 1 is 1.89 bits per heavy atom. The van der Waals surface area contributed by atoms with Crippen LogP contribution in [0.25, 0.3) is 0 Å². The van der Waals surface area contributed by atoms with Crippen LogP contribution in [0.3, 0.4) is 0 Å². The fourth-order valence-electron chi connectivity index (χ4n) is 0.233. The number of hydrogen-bond donors (Lipinski definition) is 0. The molecule has 0 fully saturated rings. The van der Waals surface area contributed by atoms with Crippen LogP contribution in [0, 0.1) is 11.3 Å². The lowest BCUT2D eigenvalue weighted by atomic mass is 10.5. The molecule has 0 spiro atoms. The molecule has 0 radical (unpaired) electrons.